The summed E-state index contributed by atoms with van der Waals surface area (Å²) in [5.74, 6) is 1.15. The van der Waals surface area contributed by atoms with E-state index in [0.717, 1.165) is 17.7 Å². The Labute approximate surface area is 101 Å². The average molecular weight is 238 g/mol. The minimum Gasteiger partial charge on any atom is -0.481 e. The highest BCUT2D eigenvalue weighted by atomic mass is 16.5. The number of aromatic nitrogens is 2. The maximum Gasteiger partial charge on any atom is 0.226 e. The van der Waals surface area contributed by atoms with E-state index in [0.29, 0.717) is 31.6 Å². The Kier molecular flexibility index (Phi) is 3.75. The van der Waals surface area contributed by atoms with Crippen molar-refractivity contribution in [1.82, 2.24) is 9.97 Å². The number of fused-ring (bicyclic) bond motifs is 1. The van der Waals surface area contributed by atoms with Crippen molar-refractivity contribution in [3.8, 4) is 5.88 Å². The molecule has 6 nitrogen and oxygen atoms in total. The van der Waals surface area contributed by atoms with Gasteiger partial charge in [0.25, 0.3) is 0 Å². The summed E-state index contributed by atoms with van der Waals surface area (Å²) >= 11 is 0. The van der Waals surface area contributed by atoms with Crippen molar-refractivity contribution in [1.29, 1.82) is 0 Å². The number of anilines is 1. The second-order valence-corrected chi connectivity index (χ2v) is 4.07. The summed E-state index contributed by atoms with van der Waals surface area (Å²) in [6.07, 6.45) is 0.792. The smallest absolute Gasteiger partial charge is 0.226 e. The highest BCUT2D eigenvalue weighted by Crippen LogP contribution is 2.25. The molecule has 2 rings (SSSR count). The van der Waals surface area contributed by atoms with Crippen LogP contribution in [0.3, 0.4) is 0 Å². The predicted octanol–water partition coefficient (Wildman–Crippen LogP) is 0.317. The molecule has 6 heteroatoms. The van der Waals surface area contributed by atoms with Gasteiger partial charge >= 0.3 is 0 Å². The van der Waals surface area contributed by atoms with Crippen molar-refractivity contribution in [2.24, 2.45) is 5.73 Å². The molecule has 1 unspecified atom stereocenters. The summed E-state index contributed by atoms with van der Waals surface area (Å²) in [4.78, 5) is 8.78. The van der Waals surface area contributed by atoms with Gasteiger partial charge in [-0.25, -0.2) is 4.98 Å². The quantitative estimate of drug-likeness (QED) is 0.786. The Bertz CT molecular complexity index is 380. The van der Waals surface area contributed by atoms with Crippen LogP contribution in [0.4, 0.5) is 5.95 Å². The van der Waals surface area contributed by atoms with Crippen molar-refractivity contribution in [2.45, 2.75) is 26.0 Å². The lowest BCUT2D eigenvalue weighted by Crippen LogP contribution is -2.27. The first-order valence-electron chi connectivity index (χ1n) is 5.72. The SMILES string of the molecule is COc1nc(NC(C)CN)nc2c1COCC2. The Balaban J connectivity index is 2.29. The van der Waals surface area contributed by atoms with Crippen LogP contribution in [0.15, 0.2) is 0 Å². The van der Waals surface area contributed by atoms with E-state index in [2.05, 4.69) is 15.3 Å². The van der Waals surface area contributed by atoms with Crippen LogP contribution >= 0.6 is 0 Å². The van der Waals surface area contributed by atoms with Crippen molar-refractivity contribution in [2.75, 3.05) is 25.6 Å². The third kappa shape index (κ3) is 2.65. The van der Waals surface area contributed by atoms with Gasteiger partial charge in [0, 0.05) is 19.0 Å². The molecule has 0 saturated carbocycles. The molecule has 3 N–H and O–H groups in total. The normalized spacial score (nSPS) is 16.2. The van der Waals surface area contributed by atoms with E-state index in [4.69, 9.17) is 15.2 Å². The van der Waals surface area contributed by atoms with Crippen LogP contribution < -0.4 is 15.8 Å². The van der Waals surface area contributed by atoms with E-state index in [1.807, 2.05) is 6.92 Å². The molecule has 1 aromatic rings. The highest BCUT2D eigenvalue weighted by molar-refractivity contribution is 5.39. The van der Waals surface area contributed by atoms with E-state index >= 15 is 0 Å². The number of ether oxygens (including phenoxy) is 2. The van der Waals surface area contributed by atoms with Gasteiger partial charge in [-0.15, -0.1) is 0 Å². The summed E-state index contributed by atoms with van der Waals surface area (Å²) in [5.41, 5.74) is 7.50. The second kappa shape index (κ2) is 5.29. The van der Waals surface area contributed by atoms with Crippen LogP contribution in [0.1, 0.15) is 18.2 Å². The van der Waals surface area contributed by atoms with E-state index in [-0.39, 0.29) is 6.04 Å². The molecule has 1 atom stereocenters. The van der Waals surface area contributed by atoms with E-state index in [1.165, 1.54) is 0 Å². The monoisotopic (exact) mass is 238 g/mol. The molecule has 0 aromatic carbocycles. The zero-order valence-electron chi connectivity index (χ0n) is 10.2. The first-order valence-corrected chi connectivity index (χ1v) is 5.72. The molecule has 1 aromatic heterocycles. The van der Waals surface area contributed by atoms with Crippen LogP contribution in [-0.2, 0) is 17.8 Å². The molecule has 0 radical (unpaired) electrons. The fourth-order valence-corrected chi connectivity index (χ4v) is 1.72. The molecule has 0 bridgehead atoms. The van der Waals surface area contributed by atoms with Gasteiger partial charge in [-0.2, -0.15) is 4.98 Å². The first-order chi connectivity index (χ1) is 8.24. The van der Waals surface area contributed by atoms with Crippen LogP contribution in [0.25, 0.3) is 0 Å². The Morgan fingerprint density at radius 1 is 1.53 bits per heavy atom. The molecule has 94 valence electrons. The van der Waals surface area contributed by atoms with E-state index in [9.17, 15) is 0 Å². The third-order valence-electron chi connectivity index (χ3n) is 2.71. The fraction of sp³-hybridized carbons (Fsp3) is 0.636. The fourth-order valence-electron chi connectivity index (χ4n) is 1.72. The third-order valence-corrected chi connectivity index (χ3v) is 2.71. The molecule has 17 heavy (non-hydrogen) atoms. The van der Waals surface area contributed by atoms with Crippen LogP contribution in [0.2, 0.25) is 0 Å². The standard InChI is InChI=1S/C11H18N4O2/c1-7(5-12)13-11-14-9-3-4-17-6-8(9)10(15-11)16-2/h7H,3-6,12H2,1-2H3,(H,13,14,15). The number of methoxy groups -OCH3 is 1. The van der Waals surface area contributed by atoms with Crippen LogP contribution in [-0.4, -0.2) is 36.3 Å². The summed E-state index contributed by atoms with van der Waals surface area (Å²) < 4.78 is 10.6. The maximum atomic E-state index is 5.56. The molecule has 0 saturated heterocycles. The molecular weight excluding hydrogens is 220 g/mol. The van der Waals surface area contributed by atoms with Gasteiger partial charge in [0.15, 0.2) is 0 Å². The zero-order valence-corrected chi connectivity index (χ0v) is 10.2. The number of nitrogens with zero attached hydrogens (tertiary/aromatic N) is 2. The van der Waals surface area contributed by atoms with Gasteiger partial charge in [0.05, 0.1) is 31.6 Å². The van der Waals surface area contributed by atoms with Crippen molar-refractivity contribution in [3.63, 3.8) is 0 Å². The van der Waals surface area contributed by atoms with Gasteiger partial charge in [-0.05, 0) is 6.92 Å². The maximum absolute atomic E-state index is 5.56. The van der Waals surface area contributed by atoms with Gasteiger partial charge < -0.3 is 20.5 Å². The van der Waals surface area contributed by atoms with Crippen LogP contribution in [0.5, 0.6) is 5.88 Å². The molecule has 1 aliphatic heterocycles. The largest absolute Gasteiger partial charge is 0.481 e. The average Bonchev–Trinajstić information content (AvgIpc) is 2.37. The van der Waals surface area contributed by atoms with Gasteiger partial charge in [-0.1, -0.05) is 0 Å². The van der Waals surface area contributed by atoms with Crippen LogP contribution in [0, 0.1) is 0 Å². The van der Waals surface area contributed by atoms with E-state index in [1.54, 1.807) is 7.11 Å². The molecule has 0 aliphatic carbocycles. The topological polar surface area (TPSA) is 82.3 Å². The van der Waals surface area contributed by atoms with Gasteiger partial charge in [0.2, 0.25) is 11.8 Å². The van der Waals surface area contributed by atoms with E-state index < -0.39 is 0 Å². The lowest BCUT2D eigenvalue weighted by molar-refractivity contribution is 0.106. The van der Waals surface area contributed by atoms with Crippen molar-refractivity contribution in [3.05, 3.63) is 11.3 Å². The van der Waals surface area contributed by atoms with Gasteiger partial charge in [0.1, 0.15) is 0 Å². The molecule has 0 amide bonds. The van der Waals surface area contributed by atoms with Crippen molar-refractivity contribution >= 4 is 5.95 Å². The first kappa shape index (κ1) is 12.1. The summed E-state index contributed by atoms with van der Waals surface area (Å²) in [5, 5.41) is 3.15. The summed E-state index contributed by atoms with van der Waals surface area (Å²) in [7, 11) is 1.60. The minimum absolute atomic E-state index is 0.137. The number of hydrogen-bond donors (Lipinski definition) is 2. The molecule has 0 fully saturated rings. The lowest BCUT2D eigenvalue weighted by Gasteiger charge is -2.19. The van der Waals surface area contributed by atoms with Crippen molar-refractivity contribution < 1.29 is 9.47 Å². The lowest BCUT2D eigenvalue weighted by atomic mass is 10.1. The molecule has 1 aliphatic rings. The predicted molar refractivity (Wildman–Crippen MR) is 64.1 cm³/mol. The number of hydrogen-bond acceptors (Lipinski definition) is 6. The molecule has 2 heterocycles. The summed E-state index contributed by atoms with van der Waals surface area (Å²) in [6, 6.07) is 0.137. The molecule has 0 spiro atoms. The Morgan fingerprint density at radius 2 is 2.35 bits per heavy atom. The van der Waals surface area contributed by atoms with Gasteiger partial charge in [-0.3, -0.25) is 0 Å². The Hall–Kier alpha value is -1.40. The second-order valence-electron chi connectivity index (χ2n) is 4.07. The summed E-state index contributed by atoms with van der Waals surface area (Å²) in [6.45, 7) is 3.73. The highest BCUT2D eigenvalue weighted by Gasteiger charge is 2.19. The number of nitrogens with one attached hydrogen (secondary N) is 1. The molecular formula is C11H18N4O2. The zero-order chi connectivity index (χ0) is 12.3. The number of nitrogens with two attached hydrogens (primary N) is 1. The minimum atomic E-state index is 0.137. The number of rotatable bonds is 4. The Morgan fingerprint density at radius 3 is 3.06 bits per heavy atom.